The summed E-state index contributed by atoms with van der Waals surface area (Å²) in [7, 11) is 3.08. The zero-order chi connectivity index (χ0) is 16.2. The number of carbonyl (C=O) groups excluding carboxylic acids is 1. The van der Waals surface area contributed by atoms with Crippen molar-refractivity contribution < 1.29 is 19.0 Å². The van der Waals surface area contributed by atoms with E-state index in [2.05, 4.69) is 23.1 Å². The Hall–Kier alpha value is -2.11. The number of benzene rings is 2. The van der Waals surface area contributed by atoms with Crippen LogP contribution in [0.4, 0.5) is 0 Å². The van der Waals surface area contributed by atoms with E-state index in [0.29, 0.717) is 19.7 Å². The van der Waals surface area contributed by atoms with E-state index < -0.39 is 0 Å². The van der Waals surface area contributed by atoms with E-state index in [1.807, 2.05) is 18.2 Å². The predicted molar refractivity (Wildman–Crippen MR) is 87.6 cm³/mol. The predicted octanol–water partition coefficient (Wildman–Crippen LogP) is 2.39. The van der Waals surface area contributed by atoms with Crippen molar-refractivity contribution in [3.8, 4) is 5.75 Å². The minimum Gasteiger partial charge on any atom is -0.497 e. The van der Waals surface area contributed by atoms with Crippen LogP contribution in [0.2, 0.25) is 0 Å². The maximum Gasteiger partial charge on any atom is 0.319 e. The molecule has 1 heterocycles. The molecule has 2 aromatic rings. The largest absolute Gasteiger partial charge is 0.497 e. The molecule has 23 heavy (non-hydrogen) atoms. The van der Waals surface area contributed by atoms with Gasteiger partial charge in [-0.2, -0.15) is 0 Å². The van der Waals surface area contributed by atoms with E-state index in [1.165, 1.54) is 7.11 Å². The molecule has 1 fully saturated rings. The Bertz CT molecular complexity index is 700. The van der Waals surface area contributed by atoms with Crippen molar-refractivity contribution in [1.82, 2.24) is 4.90 Å². The van der Waals surface area contributed by atoms with Crippen LogP contribution in [0.25, 0.3) is 10.8 Å². The van der Waals surface area contributed by atoms with Gasteiger partial charge < -0.3 is 14.2 Å². The standard InChI is InChI=1S/C18H21NO4/c1-21-16-6-5-13-9-15(4-3-14(13)10-16)17-11-19(7-8-23-17)12-18(20)22-2/h3-6,9-10,17H,7-8,11-12H2,1-2H3/t17-/m0/s1. The van der Waals surface area contributed by atoms with E-state index in [0.717, 1.165) is 28.6 Å². The van der Waals surface area contributed by atoms with Crippen molar-refractivity contribution in [1.29, 1.82) is 0 Å². The highest BCUT2D eigenvalue weighted by Gasteiger charge is 2.23. The Kier molecular flexibility index (Phi) is 4.79. The topological polar surface area (TPSA) is 48.0 Å². The van der Waals surface area contributed by atoms with Gasteiger partial charge >= 0.3 is 5.97 Å². The molecule has 0 N–H and O–H groups in total. The first kappa shape index (κ1) is 15.8. The van der Waals surface area contributed by atoms with Gasteiger partial charge in [-0.3, -0.25) is 9.69 Å². The smallest absolute Gasteiger partial charge is 0.319 e. The minimum atomic E-state index is -0.212. The lowest BCUT2D eigenvalue weighted by Gasteiger charge is -2.32. The van der Waals surface area contributed by atoms with Crippen LogP contribution in [0.15, 0.2) is 36.4 Å². The fraction of sp³-hybridized carbons (Fsp3) is 0.389. The van der Waals surface area contributed by atoms with Gasteiger partial charge in [-0.25, -0.2) is 0 Å². The Balaban J connectivity index is 1.77. The van der Waals surface area contributed by atoms with Crippen LogP contribution in [0.1, 0.15) is 11.7 Å². The molecule has 122 valence electrons. The maximum atomic E-state index is 11.4. The molecule has 0 radical (unpaired) electrons. The molecule has 0 saturated carbocycles. The third kappa shape index (κ3) is 3.63. The van der Waals surface area contributed by atoms with Crippen molar-refractivity contribution >= 4 is 16.7 Å². The number of methoxy groups -OCH3 is 2. The van der Waals surface area contributed by atoms with Crippen molar-refractivity contribution in [2.75, 3.05) is 40.5 Å². The second kappa shape index (κ2) is 6.98. The van der Waals surface area contributed by atoms with Crippen LogP contribution in [-0.4, -0.2) is 51.3 Å². The highest BCUT2D eigenvalue weighted by atomic mass is 16.5. The number of morpholine rings is 1. The molecule has 5 nitrogen and oxygen atoms in total. The lowest BCUT2D eigenvalue weighted by Crippen LogP contribution is -2.41. The molecule has 3 rings (SSSR count). The van der Waals surface area contributed by atoms with Gasteiger partial charge in [-0.05, 0) is 34.5 Å². The molecule has 1 saturated heterocycles. The summed E-state index contributed by atoms with van der Waals surface area (Å²) in [6.07, 6.45) is -0.0279. The van der Waals surface area contributed by atoms with Crippen LogP contribution in [0.5, 0.6) is 5.75 Å². The number of fused-ring (bicyclic) bond motifs is 1. The van der Waals surface area contributed by atoms with E-state index in [9.17, 15) is 4.79 Å². The van der Waals surface area contributed by atoms with Crippen molar-refractivity contribution in [3.05, 3.63) is 42.0 Å². The summed E-state index contributed by atoms with van der Waals surface area (Å²) in [6, 6.07) is 12.3. The second-order valence-electron chi connectivity index (χ2n) is 5.64. The molecule has 0 amide bonds. The van der Waals surface area contributed by atoms with Gasteiger partial charge in [0.05, 0.1) is 33.5 Å². The lowest BCUT2D eigenvalue weighted by atomic mass is 10.0. The average molecular weight is 315 g/mol. The first-order valence-corrected chi connectivity index (χ1v) is 7.68. The fourth-order valence-electron chi connectivity index (χ4n) is 2.86. The monoisotopic (exact) mass is 315 g/mol. The number of ether oxygens (including phenoxy) is 3. The molecular weight excluding hydrogens is 294 g/mol. The van der Waals surface area contributed by atoms with Gasteiger partial charge in [-0.1, -0.05) is 18.2 Å². The first-order chi connectivity index (χ1) is 11.2. The summed E-state index contributed by atoms with van der Waals surface area (Å²) >= 11 is 0. The Labute approximate surface area is 135 Å². The lowest BCUT2D eigenvalue weighted by molar-refractivity contribution is -0.143. The number of esters is 1. The molecule has 0 aromatic heterocycles. The van der Waals surface area contributed by atoms with Crippen LogP contribution in [0, 0.1) is 0 Å². The third-order valence-corrected chi connectivity index (χ3v) is 4.17. The Morgan fingerprint density at radius 1 is 1.22 bits per heavy atom. The molecule has 0 bridgehead atoms. The first-order valence-electron chi connectivity index (χ1n) is 7.68. The van der Waals surface area contributed by atoms with Crippen molar-refractivity contribution in [2.45, 2.75) is 6.10 Å². The summed E-state index contributed by atoms with van der Waals surface area (Å²) in [6.45, 7) is 2.36. The van der Waals surface area contributed by atoms with E-state index >= 15 is 0 Å². The number of carbonyl (C=O) groups is 1. The Morgan fingerprint density at radius 2 is 2.00 bits per heavy atom. The van der Waals surface area contributed by atoms with Gasteiger partial charge in [0.25, 0.3) is 0 Å². The average Bonchev–Trinajstić information content (AvgIpc) is 2.60. The molecule has 5 heteroatoms. The number of hydrogen-bond acceptors (Lipinski definition) is 5. The zero-order valence-corrected chi connectivity index (χ0v) is 13.5. The summed E-state index contributed by atoms with van der Waals surface area (Å²) in [5, 5.41) is 2.28. The Morgan fingerprint density at radius 3 is 2.78 bits per heavy atom. The zero-order valence-electron chi connectivity index (χ0n) is 13.5. The van der Waals surface area contributed by atoms with Gasteiger partial charge in [-0.15, -0.1) is 0 Å². The summed E-state index contributed by atoms with van der Waals surface area (Å²) in [5.41, 5.74) is 1.12. The number of hydrogen-bond donors (Lipinski definition) is 0. The third-order valence-electron chi connectivity index (χ3n) is 4.17. The van der Waals surface area contributed by atoms with Gasteiger partial charge in [0, 0.05) is 13.1 Å². The number of rotatable bonds is 4. The van der Waals surface area contributed by atoms with E-state index in [4.69, 9.17) is 14.2 Å². The maximum absolute atomic E-state index is 11.4. The SMILES string of the molecule is COC(=O)CN1CCO[C@H](c2ccc3cc(OC)ccc3c2)C1. The van der Waals surface area contributed by atoms with E-state index in [1.54, 1.807) is 7.11 Å². The fourth-order valence-corrected chi connectivity index (χ4v) is 2.86. The van der Waals surface area contributed by atoms with Gasteiger partial charge in [0.1, 0.15) is 5.75 Å². The summed E-state index contributed by atoms with van der Waals surface area (Å²) in [4.78, 5) is 13.5. The molecular formula is C18H21NO4. The van der Waals surface area contributed by atoms with Crippen LogP contribution in [-0.2, 0) is 14.3 Å². The van der Waals surface area contributed by atoms with Crippen LogP contribution < -0.4 is 4.74 Å². The van der Waals surface area contributed by atoms with Crippen molar-refractivity contribution in [2.24, 2.45) is 0 Å². The second-order valence-corrected chi connectivity index (χ2v) is 5.64. The van der Waals surface area contributed by atoms with Crippen molar-refractivity contribution in [3.63, 3.8) is 0 Å². The molecule has 0 unspecified atom stereocenters. The minimum absolute atomic E-state index is 0.0279. The molecule has 1 atom stereocenters. The molecule has 1 aliphatic heterocycles. The van der Waals surface area contributed by atoms with Gasteiger partial charge in [0.15, 0.2) is 0 Å². The van der Waals surface area contributed by atoms with Crippen LogP contribution >= 0.6 is 0 Å². The summed E-state index contributed by atoms with van der Waals surface area (Å²) in [5.74, 6) is 0.639. The van der Waals surface area contributed by atoms with E-state index in [-0.39, 0.29) is 12.1 Å². The molecule has 0 spiro atoms. The van der Waals surface area contributed by atoms with Gasteiger partial charge in [0.2, 0.25) is 0 Å². The normalized spacial score (nSPS) is 18.8. The summed E-state index contributed by atoms with van der Waals surface area (Å²) < 4.78 is 15.9. The number of nitrogens with zero attached hydrogens (tertiary/aromatic N) is 1. The quantitative estimate of drug-likeness (QED) is 0.811. The molecule has 0 aliphatic carbocycles. The highest BCUT2D eigenvalue weighted by Crippen LogP contribution is 2.27. The highest BCUT2D eigenvalue weighted by molar-refractivity contribution is 5.84. The van der Waals surface area contributed by atoms with Crippen LogP contribution in [0.3, 0.4) is 0 Å². The molecule has 1 aliphatic rings. The molecule has 2 aromatic carbocycles.